The van der Waals surface area contributed by atoms with Crippen molar-refractivity contribution in [1.29, 1.82) is 0 Å². The summed E-state index contributed by atoms with van der Waals surface area (Å²) in [6.45, 7) is 1.98. The average molecular weight is 273 g/mol. The number of benzene rings is 2. The second kappa shape index (κ2) is 4.63. The van der Waals surface area contributed by atoms with Gasteiger partial charge in [0.1, 0.15) is 11.6 Å². The predicted octanol–water partition coefficient (Wildman–Crippen LogP) is 4.42. The Hall–Kier alpha value is -1.94. The molecule has 0 bridgehead atoms. The van der Waals surface area contributed by atoms with E-state index in [-0.39, 0.29) is 5.82 Å². The number of hydrogen-bond donors (Lipinski definition) is 0. The number of methoxy groups -OCH3 is 1. The maximum atomic E-state index is 13.1. The van der Waals surface area contributed by atoms with Crippen molar-refractivity contribution in [2.24, 2.45) is 0 Å². The van der Waals surface area contributed by atoms with E-state index >= 15 is 0 Å². The third kappa shape index (κ3) is 2.08. The van der Waals surface area contributed by atoms with Crippen LogP contribution in [0.15, 0.2) is 36.4 Å². The lowest BCUT2D eigenvalue weighted by Crippen LogP contribution is -1.89. The monoisotopic (exact) mass is 273 g/mol. The number of thiazole rings is 1. The first-order chi connectivity index (χ1) is 9.19. The van der Waals surface area contributed by atoms with E-state index in [9.17, 15) is 4.39 Å². The van der Waals surface area contributed by atoms with Crippen molar-refractivity contribution >= 4 is 21.6 Å². The van der Waals surface area contributed by atoms with E-state index < -0.39 is 0 Å². The van der Waals surface area contributed by atoms with E-state index in [1.54, 1.807) is 30.6 Å². The van der Waals surface area contributed by atoms with E-state index in [2.05, 4.69) is 4.98 Å². The van der Waals surface area contributed by atoms with Crippen LogP contribution in [0.1, 0.15) is 5.01 Å². The number of rotatable bonds is 2. The maximum absolute atomic E-state index is 13.1. The summed E-state index contributed by atoms with van der Waals surface area (Å²) in [7, 11) is 1.63. The van der Waals surface area contributed by atoms with Crippen molar-refractivity contribution in [3.05, 3.63) is 47.2 Å². The van der Waals surface area contributed by atoms with Gasteiger partial charge in [-0.15, -0.1) is 11.3 Å². The van der Waals surface area contributed by atoms with Crippen LogP contribution < -0.4 is 4.74 Å². The quantitative estimate of drug-likeness (QED) is 0.689. The average Bonchev–Trinajstić information content (AvgIpc) is 2.79. The van der Waals surface area contributed by atoms with Gasteiger partial charge in [0.15, 0.2) is 0 Å². The third-order valence-electron chi connectivity index (χ3n) is 2.98. The van der Waals surface area contributed by atoms with Crippen molar-refractivity contribution in [2.75, 3.05) is 7.11 Å². The Balaban J connectivity index is 2.33. The van der Waals surface area contributed by atoms with Gasteiger partial charge < -0.3 is 4.74 Å². The van der Waals surface area contributed by atoms with Crippen LogP contribution in [0.4, 0.5) is 4.39 Å². The van der Waals surface area contributed by atoms with Crippen LogP contribution in [0.5, 0.6) is 5.75 Å². The molecule has 0 spiro atoms. The number of nitrogens with zero attached hydrogens (tertiary/aromatic N) is 1. The van der Waals surface area contributed by atoms with E-state index in [4.69, 9.17) is 4.74 Å². The van der Waals surface area contributed by atoms with Crippen LogP contribution in [0.3, 0.4) is 0 Å². The molecule has 2 aromatic carbocycles. The van der Waals surface area contributed by atoms with E-state index in [0.29, 0.717) is 0 Å². The lowest BCUT2D eigenvalue weighted by Gasteiger charge is -2.09. The SMILES string of the molecule is COc1ccc2sc(C)nc2c1-c1ccc(F)cc1. The molecule has 0 fully saturated rings. The highest BCUT2D eigenvalue weighted by Gasteiger charge is 2.14. The fraction of sp³-hybridized carbons (Fsp3) is 0.133. The first-order valence-electron chi connectivity index (χ1n) is 5.89. The minimum Gasteiger partial charge on any atom is -0.496 e. The first kappa shape index (κ1) is 12.1. The zero-order valence-electron chi connectivity index (χ0n) is 10.6. The molecule has 96 valence electrons. The van der Waals surface area contributed by atoms with Crippen LogP contribution in [-0.2, 0) is 0 Å². The summed E-state index contributed by atoms with van der Waals surface area (Å²) in [4.78, 5) is 4.57. The van der Waals surface area contributed by atoms with Crippen LogP contribution in [-0.4, -0.2) is 12.1 Å². The predicted molar refractivity (Wildman–Crippen MR) is 76.3 cm³/mol. The van der Waals surface area contributed by atoms with Crippen molar-refractivity contribution in [3.63, 3.8) is 0 Å². The molecule has 0 radical (unpaired) electrons. The zero-order valence-corrected chi connectivity index (χ0v) is 11.4. The lowest BCUT2D eigenvalue weighted by atomic mass is 10.0. The Morgan fingerprint density at radius 3 is 2.53 bits per heavy atom. The molecular formula is C15H12FNOS. The fourth-order valence-corrected chi connectivity index (χ4v) is 2.99. The molecule has 0 aliphatic heterocycles. The molecule has 0 unspecified atom stereocenters. The molecule has 2 nitrogen and oxygen atoms in total. The van der Waals surface area contributed by atoms with Gasteiger partial charge in [-0.3, -0.25) is 0 Å². The number of ether oxygens (including phenoxy) is 1. The minimum atomic E-state index is -0.246. The zero-order chi connectivity index (χ0) is 13.4. The molecule has 19 heavy (non-hydrogen) atoms. The summed E-state index contributed by atoms with van der Waals surface area (Å²) in [5.74, 6) is 0.508. The van der Waals surface area contributed by atoms with Crippen LogP contribution in [0, 0.1) is 12.7 Å². The maximum Gasteiger partial charge on any atom is 0.128 e. The Bertz CT molecular complexity index is 734. The second-order valence-electron chi connectivity index (χ2n) is 4.23. The summed E-state index contributed by atoms with van der Waals surface area (Å²) < 4.78 is 19.6. The number of fused-ring (bicyclic) bond motifs is 1. The van der Waals surface area contributed by atoms with Crippen molar-refractivity contribution in [1.82, 2.24) is 4.98 Å². The minimum absolute atomic E-state index is 0.246. The first-order valence-corrected chi connectivity index (χ1v) is 6.71. The highest BCUT2D eigenvalue weighted by molar-refractivity contribution is 7.18. The molecule has 3 rings (SSSR count). The third-order valence-corrected chi connectivity index (χ3v) is 3.92. The highest BCUT2D eigenvalue weighted by atomic mass is 32.1. The Morgan fingerprint density at radius 2 is 1.84 bits per heavy atom. The molecule has 1 aromatic heterocycles. The molecule has 0 saturated heterocycles. The molecule has 0 aliphatic rings. The topological polar surface area (TPSA) is 22.1 Å². The van der Waals surface area contributed by atoms with Gasteiger partial charge in [-0.05, 0) is 36.8 Å². The van der Waals surface area contributed by atoms with Gasteiger partial charge in [-0.2, -0.15) is 0 Å². The Labute approximate surface area is 114 Å². The Morgan fingerprint density at radius 1 is 1.11 bits per heavy atom. The smallest absolute Gasteiger partial charge is 0.128 e. The second-order valence-corrected chi connectivity index (χ2v) is 5.46. The van der Waals surface area contributed by atoms with Gasteiger partial charge in [0.2, 0.25) is 0 Å². The van der Waals surface area contributed by atoms with Crippen LogP contribution in [0.25, 0.3) is 21.3 Å². The largest absolute Gasteiger partial charge is 0.496 e. The summed E-state index contributed by atoms with van der Waals surface area (Å²) in [6.07, 6.45) is 0. The highest BCUT2D eigenvalue weighted by Crippen LogP contribution is 2.38. The fourth-order valence-electron chi connectivity index (χ4n) is 2.15. The van der Waals surface area contributed by atoms with Gasteiger partial charge >= 0.3 is 0 Å². The molecule has 0 aliphatic carbocycles. The Kier molecular flexibility index (Phi) is 2.95. The normalized spacial score (nSPS) is 10.9. The molecule has 3 aromatic rings. The molecule has 0 N–H and O–H groups in total. The number of halogens is 1. The number of hydrogen-bond acceptors (Lipinski definition) is 3. The summed E-state index contributed by atoms with van der Waals surface area (Å²) in [6, 6.07) is 10.3. The summed E-state index contributed by atoms with van der Waals surface area (Å²) in [5, 5.41) is 1.01. The lowest BCUT2D eigenvalue weighted by molar-refractivity contribution is 0.417. The van der Waals surface area contributed by atoms with Gasteiger partial charge in [0.05, 0.1) is 27.9 Å². The number of aryl methyl sites for hydroxylation is 1. The summed E-state index contributed by atoms with van der Waals surface area (Å²) in [5.41, 5.74) is 2.74. The standard InChI is InChI=1S/C15H12FNOS/c1-9-17-15-13(19-9)8-7-12(18-2)14(15)10-3-5-11(16)6-4-10/h3-8H,1-2H3. The molecule has 0 amide bonds. The number of aromatic nitrogens is 1. The van der Waals surface area contributed by atoms with Crippen LogP contribution in [0.2, 0.25) is 0 Å². The van der Waals surface area contributed by atoms with Gasteiger partial charge in [0, 0.05) is 0 Å². The van der Waals surface area contributed by atoms with E-state index in [0.717, 1.165) is 32.1 Å². The molecule has 4 heteroatoms. The van der Waals surface area contributed by atoms with E-state index in [1.807, 2.05) is 19.1 Å². The van der Waals surface area contributed by atoms with Crippen molar-refractivity contribution in [2.45, 2.75) is 6.92 Å². The van der Waals surface area contributed by atoms with Gasteiger partial charge in [-0.25, -0.2) is 9.37 Å². The van der Waals surface area contributed by atoms with Gasteiger partial charge in [0.25, 0.3) is 0 Å². The van der Waals surface area contributed by atoms with Crippen molar-refractivity contribution in [3.8, 4) is 16.9 Å². The van der Waals surface area contributed by atoms with Crippen molar-refractivity contribution < 1.29 is 9.13 Å². The molecule has 0 saturated carbocycles. The molecular weight excluding hydrogens is 261 g/mol. The molecule has 0 atom stereocenters. The summed E-state index contributed by atoms with van der Waals surface area (Å²) >= 11 is 1.64. The van der Waals surface area contributed by atoms with E-state index in [1.165, 1.54) is 12.1 Å². The van der Waals surface area contributed by atoms with Crippen LogP contribution >= 0.6 is 11.3 Å². The van der Waals surface area contributed by atoms with Gasteiger partial charge in [-0.1, -0.05) is 12.1 Å². The molecule has 1 heterocycles.